The standard InChI is InChI=1S/C7H8N4O2/c8-2-3-6(13)4(1-5(9)12)11-7(3)10/h4,13H,1H2,(H2,9,12)(H2,10,11). The number of aliphatic hydroxyl groups excluding tert-OH is 1. The summed E-state index contributed by atoms with van der Waals surface area (Å²) in [4.78, 5) is 14.2. The van der Waals surface area contributed by atoms with E-state index in [1.165, 1.54) is 0 Å². The first-order valence-electron chi connectivity index (χ1n) is 3.51. The van der Waals surface area contributed by atoms with Crippen molar-refractivity contribution in [2.45, 2.75) is 12.5 Å². The van der Waals surface area contributed by atoms with E-state index >= 15 is 0 Å². The molecule has 68 valence electrons. The van der Waals surface area contributed by atoms with Crippen LogP contribution < -0.4 is 11.5 Å². The van der Waals surface area contributed by atoms with Crippen molar-refractivity contribution in [1.82, 2.24) is 0 Å². The van der Waals surface area contributed by atoms with Gasteiger partial charge >= 0.3 is 0 Å². The molecule has 1 aliphatic heterocycles. The number of primary amides is 1. The van der Waals surface area contributed by atoms with Crippen LogP contribution in [0.4, 0.5) is 0 Å². The van der Waals surface area contributed by atoms with E-state index in [2.05, 4.69) is 4.99 Å². The Morgan fingerprint density at radius 3 is 2.77 bits per heavy atom. The van der Waals surface area contributed by atoms with E-state index in [0.717, 1.165) is 0 Å². The van der Waals surface area contributed by atoms with Crippen molar-refractivity contribution in [1.29, 1.82) is 5.26 Å². The van der Waals surface area contributed by atoms with Crippen molar-refractivity contribution in [3.63, 3.8) is 0 Å². The minimum absolute atomic E-state index is 0.0498. The van der Waals surface area contributed by atoms with Gasteiger partial charge in [-0.2, -0.15) is 5.26 Å². The van der Waals surface area contributed by atoms with E-state index < -0.39 is 11.9 Å². The number of amidine groups is 1. The van der Waals surface area contributed by atoms with Gasteiger partial charge in [-0.3, -0.25) is 9.79 Å². The molecule has 5 N–H and O–H groups in total. The van der Waals surface area contributed by atoms with E-state index in [4.69, 9.17) is 16.7 Å². The lowest BCUT2D eigenvalue weighted by Crippen LogP contribution is -2.19. The molecule has 0 fully saturated rings. The summed E-state index contributed by atoms with van der Waals surface area (Å²) in [7, 11) is 0. The monoisotopic (exact) mass is 180 g/mol. The van der Waals surface area contributed by atoms with Crippen LogP contribution in [0, 0.1) is 11.3 Å². The van der Waals surface area contributed by atoms with Crippen LogP contribution in [0.5, 0.6) is 0 Å². The van der Waals surface area contributed by atoms with Crippen molar-refractivity contribution >= 4 is 11.7 Å². The smallest absolute Gasteiger partial charge is 0.220 e. The zero-order chi connectivity index (χ0) is 10.0. The highest BCUT2D eigenvalue weighted by Crippen LogP contribution is 2.19. The molecular weight excluding hydrogens is 172 g/mol. The third kappa shape index (κ3) is 1.59. The number of carbonyl (C=O) groups is 1. The van der Waals surface area contributed by atoms with Crippen LogP contribution in [0.25, 0.3) is 0 Å². The fraction of sp³-hybridized carbons (Fsp3) is 0.286. The maximum absolute atomic E-state index is 10.5. The summed E-state index contributed by atoms with van der Waals surface area (Å²) in [5.74, 6) is -0.933. The quantitative estimate of drug-likeness (QED) is 0.500. The maximum atomic E-state index is 10.5. The minimum atomic E-state index is -0.785. The van der Waals surface area contributed by atoms with Crippen LogP contribution in [0.15, 0.2) is 16.3 Å². The van der Waals surface area contributed by atoms with Crippen LogP contribution in [0.2, 0.25) is 0 Å². The molecule has 6 nitrogen and oxygen atoms in total. The highest BCUT2D eigenvalue weighted by Gasteiger charge is 2.27. The second kappa shape index (κ2) is 3.15. The Morgan fingerprint density at radius 2 is 2.38 bits per heavy atom. The Bertz CT molecular complexity index is 350. The third-order valence-electron chi connectivity index (χ3n) is 1.63. The molecule has 0 saturated heterocycles. The predicted octanol–water partition coefficient (Wildman–Crippen LogP) is -1.06. The fourth-order valence-electron chi connectivity index (χ4n) is 1.04. The average molecular weight is 180 g/mol. The lowest BCUT2D eigenvalue weighted by molar-refractivity contribution is -0.118. The van der Waals surface area contributed by atoms with Gasteiger partial charge in [0, 0.05) is 0 Å². The summed E-state index contributed by atoms with van der Waals surface area (Å²) >= 11 is 0. The normalized spacial score (nSPS) is 21.2. The van der Waals surface area contributed by atoms with Crippen molar-refractivity contribution in [2.75, 3.05) is 0 Å². The molecule has 1 aliphatic rings. The first kappa shape index (κ1) is 9.06. The van der Waals surface area contributed by atoms with Gasteiger partial charge in [-0.05, 0) is 0 Å². The molecule has 0 bridgehead atoms. The predicted molar refractivity (Wildman–Crippen MR) is 44.5 cm³/mol. The van der Waals surface area contributed by atoms with Gasteiger partial charge in [0.25, 0.3) is 0 Å². The van der Waals surface area contributed by atoms with E-state index in [1.54, 1.807) is 6.07 Å². The molecular formula is C7H8N4O2. The zero-order valence-electron chi connectivity index (χ0n) is 6.69. The van der Waals surface area contributed by atoms with Crippen molar-refractivity contribution in [3.05, 3.63) is 11.3 Å². The van der Waals surface area contributed by atoms with Gasteiger partial charge in [-0.25, -0.2) is 0 Å². The number of rotatable bonds is 2. The SMILES string of the molecule is N#CC1=C(O)C(CC(N)=O)N=C1N. The van der Waals surface area contributed by atoms with E-state index in [0.29, 0.717) is 0 Å². The van der Waals surface area contributed by atoms with Crippen LogP contribution in [0.3, 0.4) is 0 Å². The number of nitrogens with two attached hydrogens (primary N) is 2. The van der Waals surface area contributed by atoms with Crippen LogP contribution in [-0.2, 0) is 4.79 Å². The van der Waals surface area contributed by atoms with Crippen molar-refractivity contribution in [2.24, 2.45) is 16.5 Å². The zero-order valence-corrected chi connectivity index (χ0v) is 6.69. The highest BCUT2D eigenvalue weighted by molar-refractivity contribution is 6.03. The Hall–Kier alpha value is -2.03. The van der Waals surface area contributed by atoms with Crippen LogP contribution in [-0.4, -0.2) is 22.9 Å². The Balaban J connectivity index is 2.91. The van der Waals surface area contributed by atoms with Crippen molar-refractivity contribution in [3.8, 4) is 6.07 Å². The molecule has 0 radical (unpaired) electrons. The second-order valence-electron chi connectivity index (χ2n) is 2.57. The number of aliphatic hydroxyl groups is 1. The van der Waals surface area contributed by atoms with Gasteiger partial charge in [0.15, 0.2) is 0 Å². The molecule has 1 amide bonds. The Kier molecular flexibility index (Phi) is 2.19. The molecule has 0 saturated carbocycles. The topological polar surface area (TPSA) is 125 Å². The molecule has 1 atom stereocenters. The molecule has 1 rings (SSSR count). The number of hydrogen-bond donors (Lipinski definition) is 3. The maximum Gasteiger partial charge on any atom is 0.220 e. The van der Waals surface area contributed by atoms with Crippen LogP contribution in [0.1, 0.15) is 6.42 Å². The first-order chi connectivity index (χ1) is 6.06. The van der Waals surface area contributed by atoms with Gasteiger partial charge in [-0.1, -0.05) is 0 Å². The Morgan fingerprint density at radius 1 is 1.77 bits per heavy atom. The molecule has 6 heteroatoms. The molecule has 0 aromatic heterocycles. The van der Waals surface area contributed by atoms with E-state index in [-0.39, 0.29) is 23.6 Å². The molecule has 0 aliphatic carbocycles. The molecule has 1 unspecified atom stereocenters. The summed E-state index contributed by atoms with van der Waals surface area (Å²) in [6.45, 7) is 0. The number of nitrogens with zero attached hydrogens (tertiary/aromatic N) is 2. The summed E-state index contributed by atoms with van der Waals surface area (Å²) in [6.07, 6.45) is -0.141. The van der Waals surface area contributed by atoms with Gasteiger partial charge in [0.05, 0.1) is 6.42 Å². The van der Waals surface area contributed by atoms with E-state index in [1.807, 2.05) is 0 Å². The number of aliphatic imine (C=N–C) groups is 1. The molecule has 0 spiro atoms. The summed E-state index contributed by atoms with van der Waals surface area (Å²) in [5, 5.41) is 17.8. The van der Waals surface area contributed by atoms with E-state index in [9.17, 15) is 9.90 Å². The van der Waals surface area contributed by atoms with Gasteiger partial charge < -0.3 is 16.6 Å². The lowest BCUT2D eigenvalue weighted by atomic mass is 10.1. The molecule has 13 heavy (non-hydrogen) atoms. The van der Waals surface area contributed by atoms with Gasteiger partial charge in [0.1, 0.15) is 29.3 Å². The minimum Gasteiger partial charge on any atom is -0.508 e. The van der Waals surface area contributed by atoms with Gasteiger partial charge in [-0.15, -0.1) is 0 Å². The number of hydrogen-bond acceptors (Lipinski definition) is 5. The lowest BCUT2D eigenvalue weighted by Gasteiger charge is -2.02. The van der Waals surface area contributed by atoms with Crippen LogP contribution >= 0.6 is 0 Å². The second-order valence-corrected chi connectivity index (χ2v) is 2.57. The molecule has 1 heterocycles. The average Bonchev–Trinajstić information content (AvgIpc) is 2.26. The molecule has 0 aromatic rings. The van der Waals surface area contributed by atoms with Gasteiger partial charge in [0.2, 0.25) is 5.91 Å². The first-order valence-corrected chi connectivity index (χ1v) is 3.51. The summed E-state index contributed by atoms with van der Waals surface area (Å²) in [6, 6.07) is 0.903. The number of nitriles is 1. The Labute approximate surface area is 74.2 Å². The third-order valence-corrected chi connectivity index (χ3v) is 1.63. The number of amides is 1. The largest absolute Gasteiger partial charge is 0.508 e. The molecule has 0 aromatic carbocycles. The highest BCUT2D eigenvalue weighted by atomic mass is 16.3. The van der Waals surface area contributed by atoms with Crippen molar-refractivity contribution < 1.29 is 9.90 Å². The summed E-state index contributed by atoms with van der Waals surface area (Å²) < 4.78 is 0. The number of carbonyl (C=O) groups excluding carboxylic acids is 1. The fourth-order valence-corrected chi connectivity index (χ4v) is 1.04. The summed E-state index contributed by atoms with van der Waals surface area (Å²) in [5.41, 5.74) is 10.1.